The molecule has 0 atom stereocenters. The normalized spacial score (nSPS) is 12.9. The van der Waals surface area contributed by atoms with Gasteiger partial charge in [-0.15, -0.1) is 0 Å². The van der Waals surface area contributed by atoms with E-state index in [4.69, 9.17) is 21.8 Å². The third kappa shape index (κ3) is 4.27. The summed E-state index contributed by atoms with van der Waals surface area (Å²) in [4.78, 5) is 16.1. The van der Waals surface area contributed by atoms with Gasteiger partial charge in [-0.05, 0) is 51.0 Å². The molecular weight excluding hydrogens is 320 g/mol. The van der Waals surface area contributed by atoms with Crippen LogP contribution in [-0.4, -0.2) is 10.7 Å². The molecular formula is C16H19ClN2O2S. The minimum absolute atomic E-state index is 0.227. The minimum atomic E-state index is -0.379. The maximum atomic E-state index is 11.7. The Balaban J connectivity index is 2.37. The van der Waals surface area contributed by atoms with Crippen molar-refractivity contribution in [2.24, 2.45) is 10.7 Å². The first-order chi connectivity index (χ1) is 10.2. The Labute approximate surface area is 138 Å². The largest absolute Gasteiger partial charge is 0.423 e. The third-order valence-corrected chi connectivity index (χ3v) is 4.18. The van der Waals surface area contributed by atoms with Crippen molar-refractivity contribution in [3.63, 3.8) is 0 Å². The highest BCUT2D eigenvalue weighted by Crippen LogP contribution is 2.27. The number of fused-ring (bicyclic) bond motifs is 1. The Morgan fingerprint density at radius 2 is 2.05 bits per heavy atom. The van der Waals surface area contributed by atoms with E-state index >= 15 is 0 Å². The molecule has 6 heteroatoms. The number of hydrogen-bond donors (Lipinski definition) is 1. The summed E-state index contributed by atoms with van der Waals surface area (Å²) in [5.41, 5.74) is 7.57. The highest BCUT2D eigenvalue weighted by Gasteiger charge is 2.11. The molecule has 0 aliphatic heterocycles. The van der Waals surface area contributed by atoms with Crippen LogP contribution < -0.4 is 11.4 Å². The Hall–Kier alpha value is -1.46. The molecule has 0 saturated carbocycles. The number of amidine groups is 1. The summed E-state index contributed by atoms with van der Waals surface area (Å²) in [6.07, 6.45) is 0. The van der Waals surface area contributed by atoms with E-state index < -0.39 is 0 Å². The molecule has 0 unspecified atom stereocenters. The molecule has 0 bridgehead atoms. The van der Waals surface area contributed by atoms with E-state index in [1.165, 1.54) is 17.8 Å². The Bertz CT molecular complexity index is 791. The van der Waals surface area contributed by atoms with Crippen molar-refractivity contribution < 1.29 is 4.42 Å². The van der Waals surface area contributed by atoms with E-state index in [0.29, 0.717) is 21.5 Å². The molecule has 1 aromatic heterocycles. The van der Waals surface area contributed by atoms with Gasteiger partial charge in [-0.3, -0.25) is 4.99 Å². The maximum Gasteiger partial charge on any atom is 0.336 e. The maximum absolute atomic E-state index is 11.7. The molecule has 0 radical (unpaired) electrons. The fourth-order valence-electron chi connectivity index (χ4n) is 1.98. The van der Waals surface area contributed by atoms with Crippen LogP contribution in [0.25, 0.3) is 11.0 Å². The lowest BCUT2D eigenvalue weighted by Gasteiger charge is -2.13. The highest BCUT2D eigenvalue weighted by atomic mass is 35.5. The molecule has 0 aliphatic rings. The van der Waals surface area contributed by atoms with Gasteiger partial charge in [-0.2, -0.15) is 0 Å². The van der Waals surface area contributed by atoms with Crippen molar-refractivity contribution in [3.8, 4) is 0 Å². The van der Waals surface area contributed by atoms with Crippen LogP contribution in [0.2, 0.25) is 5.02 Å². The SMILES string of the molecule is Cc1cc2oc(=O)cc(CSC(N)=NC(C)(C)C)c2cc1Cl. The molecule has 0 fully saturated rings. The standard InChI is InChI=1S/C16H19ClN2O2S/c1-9-5-13-11(7-12(9)17)10(6-14(20)21-13)8-22-15(18)19-16(2,3)4/h5-7H,8H2,1-4H3,(H2,18,19). The second-order valence-electron chi connectivity index (χ2n) is 6.10. The zero-order chi connectivity index (χ0) is 16.5. The third-order valence-electron chi connectivity index (χ3n) is 2.93. The summed E-state index contributed by atoms with van der Waals surface area (Å²) < 4.78 is 5.24. The summed E-state index contributed by atoms with van der Waals surface area (Å²) in [7, 11) is 0. The van der Waals surface area contributed by atoms with Gasteiger partial charge in [0.15, 0.2) is 5.17 Å². The van der Waals surface area contributed by atoms with Gasteiger partial charge in [-0.25, -0.2) is 4.79 Å². The van der Waals surface area contributed by atoms with E-state index in [9.17, 15) is 4.79 Å². The molecule has 0 aliphatic carbocycles. The van der Waals surface area contributed by atoms with Gasteiger partial charge in [0.1, 0.15) is 5.58 Å². The zero-order valence-electron chi connectivity index (χ0n) is 13.1. The van der Waals surface area contributed by atoms with Crippen LogP contribution in [0.3, 0.4) is 0 Å². The molecule has 0 saturated heterocycles. The number of nitrogens with zero attached hydrogens (tertiary/aromatic N) is 1. The number of rotatable bonds is 2. The Morgan fingerprint density at radius 1 is 1.36 bits per heavy atom. The minimum Gasteiger partial charge on any atom is -0.423 e. The molecule has 4 nitrogen and oxygen atoms in total. The van der Waals surface area contributed by atoms with Crippen molar-refractivity contribution in [2.45, 2.75) is 39.0 Å². The van der Waals surface area contributed by atoms with E-state index in [2.05, 4.69) is 4.99 Å². The zero-order valence-corrected chi connectivity index (χ0v) is 14.6. The first-order valence-corrected chi connectivity index (χ1v) is 8.23. The van der Waals surface area contributed by atoms with Crippen molar-refractivity contribution in [2.75, 3.05) is 0 Å². The molecule has 2 aromatic rings. The van der Waals surface area contributed by atoms with Gasteiger partial charge < -0.3 is 10.2 Å². The van der Waals surface area contributed by atoms with Crippen LogP contribution in [-0.2, 0) is 5.75 Å². The highest BCUT2D eigenvalue weighted by molar-refractivity contribution is 8.13. The first-order valence-electron chi connectivity index (χ1n) is 6.87. The lowest BCUT2D eigenvalue weighted by Crippen LogP contribution is -2.18. The molecule has 1 heterocycles. The van der Waals surface area contributed by atoms with Crippen molar-refractivity contribution in [1.29, 1.82) is 0 Å². The van der Waals surface area contributed by atoms with Crippen molar-refractivity contribution in [1.82, 2.24) is 0 Å². The van der Waals surface area contributed by atoms with Crippen LogP contribution in [0, 0.1) is 6.92 Å². The predicted octanol–water partition coefficient (Wildman–Crippen LogP) is 4.10. The number of halogens is 1. The van der Waals surface area contributed by atoms with Crippen LogP contribution in [0.4, 0.5) is 0 Å². The van der Waals surface area contributed by atoms with Crippen LogP contribution in [0.1, 0.15) is 31.9 Å². The number of hydrogen-bond acceptors (Lipinski definition) is 4. The first kappa shape index (κ1) is 16.9. The topological polar surface area (TPSA) is 68.6 Å². The molecule has 118 valence electrons. The summed E-state index contributed by atoms with van der Waals surface area (Å²) >= 11 is 7.57. The second-order valence-corrected chi connectivity index (χ2v) is 7.50. The average molecular weight is 339 g/mol. The van der Waals surface area contributed by atoms with Crippen LogP contribution in [0.15, 0.2) is 32.4 Å². The van der Waals surface area contributed by atoms with Gasteiger partial charge in [0.25, 0.3) is 0 Å². The molecule has 2 rings (SSSR count). The molecule has 22 heavy (non-hydrogen) atoms. The summed E-state index contributed by atoms with van der Waals surface area (Å²) in [6.45, 7) is 7.82. The Kier molecular flexibility index (Phi) is 4.87. The van der Waals surface area contributed by atoms with Gasteiger partial charge in [0.05, 0.1) is 5.54 Å². The quantitative estimate of drug-likeness (QED) is 0.508. The number of aryl methyl sites for hydroxylation is 1. The van der Waals surface area contributed by atoms with Gasteiger partial charge in [-0.1, -0.05) is 23.4 Å². The monoisotopic (exact) mass is 338 g/mol. The van der Waals surface area contributed by atoms with E-state index in [1.807, 2.05) is 33.8 Å². The van der Waals surface area contributed by atoms with Gasteiger partial charge in [0, 0.05) is 22.2 Å². The second kappa shape index (κ2) is 6.34. The fraction of sp³-hybridized carbons (Fsp3) is 0.375. The smallest absolute Gasteiger partial charge is 0.336 e. The lowest BCUT2D eigenvalue weighted by atomic mass is 10.1. The molecule has 1 aromatic carbocycles. The van der Waals surface area contributed by atoms with E-state index in [-0.39, 0.29) is 11.2 Å². The number of benzene rings is 1. The molecule has 0 spiro atoms. The average Bonchev–Trinajstić information content (AvgIpc) is 2.36. The van der Waals surface area contributed by atoms with E-state index in [1.54, 1.807) is 6.07 Å². The summed E-state index contributed by atoms with van der Waals surface area (Å²) in [6, 6.07) is 5.08. The van der Waals surface area contributed by atoms with Crippen LogP contribution in [0.5, 0.6) is 0 Å². The van der Waals surface area contributed by atoms with Gasteiger partial charge >= 0.3 is 5.63 Å². The van der Waals surface area contributed by atoms with Crippen molar-refractivity contribution in [3.05, 3.63) is 44.8 Å². The van der Waals surface area contributed by atoms with E-state index in [0.717, 1.165) is 16.5 Å². The summed E-state index contributed by atoms with van der Waals surface area (Å²) in [5.74, 6) is 0.535. The number of thioether (sulfide) groups is 1. The summed E-state index contributed by atoms with van der Waals surface area (Å²) in [5, 5.41) is 1.96. The fourth-order valence-corrected chi connectivity index (χ4v) is 3.03. The molecule has 2 N–H and O–H groups in total. The number of aliphatic imine (C=N–C) groups is 1. The van der Waals surface area contributed by atoms with Crippen molar-refractivity contribution >= 4 is 39.5 Å². The Morgan fingerprint density at radius 3 is 2.68 bits per heavy atom. The lowest BCUT2D eigenvalue weighted by molar-refractivity contribution is 0.559. The molecule has 0 amide bonds. The van der Waals surface area contributed by atoms with Gasteiger partial charge in [0.2, 0.25) is 0 Å². The van der Waals surface area contributed by atoms with Crippen LogP contribution >= 0.6 is 23.4 Å². The number of nitrogens with two attached hydrogens (primary N) is 1. The predicted molar refractivity (Wildman–Crippen MR) is 94.9 cm³/mol.